The molecule has 0 aromatic rings. The average Bonchev–Trinajstić information content (AvgIpc) is 2.83. The number of allylic oxidation sites excluding steroid dienone is 2. The van der Waals surface area contributed by atoms with Crippen molar-refractivity contribution < 1.29 is 29.1 Å². The van der Waals surface area contributed by atoms with Crippen LogP contribution in [0.5, 0.6) is 0 Å². The number of hydrogen-bond acceptors (Lipinski definition) is 6. The van der Waals surface area contributed by atoms with Gasteiger partial charge in [-0.15, -0.1) is 0 Å². The standard InChI is InChI=1S/C30H54O6/c1-8-10-11-16-19-25-22-21-24(23-26(25)28(32)34-35-29(3,4)5)18-15-13-12-14-17-20-27(31)33-36-30(6,7)9-2/h21-22,24-26H,8-20,23H2,1-7H3. The quantitative estimate of drug-likeness (QED) is 0.0797. The fraction of sp³-hybridized carbons (Fsp3) is 0.867. The molecule has 1 aliphatic rings. The van der Waals surface area contributed by atoms with E-state index in [-0.39, 0.29) is 23.8 Å². The fourth-order valence-electron chi connectivity index (χ4n) is 4.30. The van der Waals surface area contributed by atoms with E-state index in [0.717, 1.165) is 64.2 Å². The van der Waals surface area contributed by atoms with Gasteiger partial charge in [0, 0.05) is 6.42 Å². The summed E-state index contributed by atoms with van der Waals surface area (Å²) in [4.78, 5) is 45.4. The second-order valence-corrected chi connectivity index (χ2v) is 12.1. The van der Waals surface area contributed by atoms with Crippen molar-refractivity contribution in [3.8, 4) is 0 Å². The summed E-state index contributed by atoms with van der Waals surface area (Å²) < 4.78 is 0. The van der Waals surface area contributed by atoms with E-state index in [2.05, 4.69) is 19.1 Å². The second kappa shape index (κ2) is 17.2. The lowest BCUT2D eigenvalue weighted by Crippen LogP contribution is -2.32. The van der Waals surface area contributed by atoms with E-state index in [1.807, 2.05) is 41.5 Å². The van der Waals surface area contributed by atoms with Crippen LogP contribution in [-0.4, -0.2) is 23.1 Å². The van der Waals surface area contributed by atoms with E-state index in [9.17, 15) is 9.59 Å². The molecule has 6 heteroatoms. The SMILES string of the molecule is CCCCCCC1C=CC(CCCCCCCC(=O)OOC(C)(C)CC)CC1C(=O)OOC(C)(C)C. The molecule has 0 fully saturated rings. The molecule has 6 nitrogen and oxygen atoms in total. The average molecular weight is 511 g/mol. The van der Waals surface area contributed by atoms with Crippen LogP contribution < -0.4 is 0 Å². The van der Waals surface area contributed by atoms with E-state index >= 15 is 0 Å². The van der Waals surface area contributed by atoms with Crippen molar-refractivity contribution in [2.75, 3.05) is 0 Å². The van der Waals surface area contributed by atoms with Crippen molar-refractivity contribution in [1.82, 2.24) is 0 Å². The third-order valence-corrected chi connectivity index (χ3v) is 6.94. The van der Waals surface area contributed by atoms with Gasteiger partial charge >= 0.3 is 11.9 Å². The zero-order valence-electron chi connectivity index (χ0n) is 24.2. The van der Waals surface area contributed by atoms with E-state index in [1.165, 1.54) is 19.3 Å². The van der Waals surface area contributed by atoms with Gasteiger partial charge in [-0.05, 0) is 78.6 Å². The first-order valence-corrected chi connectivity index (χ1v) is 14.4. The van der Waals surface area contributed by atoms with Crippen LogP contribution in [0.2, 0.25) is 0 Å². The number of hydrogen-bond donors (Lipinski definition) is 0. The molecule has 1 aliphatic carbocycles. The van der Waals surface area contributed by atoms with Gasteiger partial charge < -0.3 is 0 Å². The molecule has 0 aromatic heterocycles. The van der Waals surface area contributed by atoms with Crippen LogP contribution >= 0.6 is 0 Å². The zero-order chi connectivity index (χ0) is 27.0. The van der Waals surface area contributed by atoms with Crippen molar-refractivity contribution in [3.63, 3.8) is 0 Å². The highest BCUT2D eigenvalue weighted by Gasteiger charge is 2.34. The molecule has 0 heterocycles. The largest absolute Gasteiger partial charge is 0.346 e. The normalized spacial score (nSPS) is 20.4. The Kier molecular flexibility index (Phi) is 15.6. The van der Waals surface area contributed by atoms with Gasteiger partial charge in [0.05, 0.1) is 5.92 Å². The minimum atomic E-state index is -0.508. The van der Waals surface area contributed by atoms with E-state index < -0.39 is 11.2 Å². The summed E-state index contributed by atoms with van der Waals surface area (Å²) in [6, 6.07) is 0. The Hall–Kier alpha value is -1.40. The maximum Gasteiger partial charge on any atom is 0.346 e. The topological polar surface area (TPSA) is 71.1 Å². The van der Waals surface area contributed by atoms with E-state index in [4.69, 9.17) is 19.6 Å². The molecule has 3 atom stereocenters. The van der Waals surface area contributed by atoms with Crippen molar-refractivity contribution in [1.29, 1.82) is 0 Å². The highest BCUT2D eigenvalue weighted by molar-refractivity contribution is 5.72. The molecule has 1 rings (SSSR count). The van der Waals surface area contributed by atoms with Crippen molar-refractivity contribution >= 4 is 11.9 Å². The van der Waals surface area contributed by atoms with Crippen LogP contribution in [0.15, 0.2) is 12.2 Å². The van der Waals surface area contributed by atoms with Crippen molar-refractivity contribution in [2.45, 2.75) is 150 Å². The lowest BCUT2D eigenvalue weighted by atomic mass is 9.75. The Labute approximate surface area is 220 Å². The van der Waals surface area contributed by atoms with Gasteiger partial charge in [0.1, 0.15) is 11.2 Å². The van der Waals surface area contributed by atoms with Crippen molar-refractivity contribution in [2.24, 2.45) is 17.8 Å². The third-order valence-electron chi connectivity index (χ3n) is 6.94. The minimum absolute atomic E-state index is 0.130. The zero-order valence-corrected chi connectivity index (χ0v) is 24.2. The molecule has 0 aromatic carbocycles. The predicted molar refractivity (Wildman–Crippen MR) is 144 cm³/mol. The Morgan fingerprint density at radius 2 is 1.42 bits per heavy atom. The molecule has 0 saturated heterocycles. The molecule has 0 radical (unpaired) electrons. The minimum Gasteiger partial charge on any atom is -0.298 e. The maximum absolute atomic E-state index is 12.9. The fourth-order valence-corrected chi connectivity index (χ4v) is 4.30. The monoisotopic (exact) mass is 510 g/mol. The first-order valence-electron chi connectivity index (χ1n) is 14.4. The predicted octanol–water partition coefficient (Wildman–Crippen LogP) is 8.43. The van der Waals surface area contributed by atoms with Crippen LogP contribution in [0.3, 0.4) is 0 Å². The smallest absolute Gasteiger partial charge is 0.298 e. The van der Waals surface area contributed by atoms with Gasteiger partial charge in [-0.2, -0.15) is 9.78 Å². The molecule has 36 heavy (non-hydrogen) atoms. The van der Waals surface area contributed by atoms with Crippen LogP contribution in [0.1, 0.15) is 138 Å². The van der Waals surface area contributed by atoms with Gasteiger partial charge in [0.25, 0.3) is 0 Å². The molecule has 0 spiro atoms. The Balaban J connectivity index is 2.37. The second-order valence-electron chi connectivity index (χ2n) is 12.1. The molecule has 0 bridgehead atoms. The molecule has 0 aliphatic heterocycles. The van der Waals surface area contributed by atoms with Crippen LogP contribution in [0, 0.1) is 17.8 Å². The summed E-state index contributed by atoms with van der Waals surface area (Å²) in [5.74, 6) is -0.00623. The van der Waals surface area contributed by atoms with Gasteiger partial charge in [-0.3, -0.25) is 9.78 Å². The highest BCUT2D eigenvalue weighted by Crippen LogP contribution is 2.35. The molecule has 3 unspecified atom stereocenters. The van der Waals surface area contributed by atoms with Gasteiger partial charge in [-0.1, -0.05) is 77.4 Å². The summed E-state index contributed by atoms with van der Waals surface area (Å²) >= 11 is 0. The van der Waals surface area contributed by atoms with Crippen LogP contribution in [-0.2, 0) is 29.1 Å². The Morgan fingerprint density at radius 1 is 0.778 bits per heavy atom. The molecular formula is C30H54O6. The summed E-state index contributed by atoms with van der Waals surface area (Å²) in [5.41, 5.74) is -0.945. The van der Waals surface area contributed by atoms with E-state index in [0.29, 0.717) is 12.3 Å². The molecule has 0 saturated carbocycles. The van der Waals surface area contributed by atoms with Crippen molar-refractivity contribution in [3.05, 3.63) is 12.2 Å². The third kappa shape index (κ3) is 15.0. The van der Waals surface area contributed by atoms with Crippen LogP contribution in [0.25, 0.3) is 0 Å². The molecule has 0 N–H and O–H groups in total. The summed E-state index contributed by atoms with van der Waals surface area (Å²) in [7, 11) is 0. The molecule has 0 amide bonds. The number of carbonyl (C=O) groups excluding carboxylic acids is 2. The number of carbonyl (C=O) groups is 2. The van der Waals surface area contributed by atoms with E-state index in [1.54, 1.807) is 0 Å². The Bertz CT molecular complexity index is 648. The highest BCUT2D eigenvalue weighted by atomic mass is 17.2. The number of unbranched alkanes of at least 4 members (excludes halogenated alkanes) is 7. The van der Waals surface area contributed by atoms with Gasteiger partial charge in [0.15, 0.2) is 0 Å². The summed E-state index contributed by atoms with van der Waals surface area (Å²) in [6.45, 7) is 13.7. The summed E-state index contributed by atoms with van der Waals surface area (Å²) in [5, 5.41) is 0. The van der Waals surface area contributed by atoms with Gasteiger partial charge in [0.2, 0.25) is 0 Å². The lowest BCUT2D eigenvalue weighted by molar-refractivity contribution is -0.325. The lowest BCUT2D eigenvalue weighted by Gasteiger charge is -2.31. The first kappa shape index (κ1) is 32.6. The maximum atomic E-state index is 12.9. The first-order chi connectivity index (χ1) is 17.0. The molecular weight excluding hydrogens is 456 g/mol. The summed E-state index contributed by atoms with van der Waals surface area (Å²) in [6.07, 6.45) is 18.7. The Morgan fingerprint density at radius 3 is 2.08 bits per heavy atom. The van der Waals surface area contributed by atoms with Gasteiger partial charge in [-0.25, -0.2) is 9.59 Å². The number of rotatable bonds is 18. The van der Waals surface area contributed by atoms with Crippen LogP contribution in [0.4, 0.5) is 0 Å². The molecule has 210 valence electrons.